The van der Waals surface area contributed by atoms with Crippen LogP contribution in [-0.4, -0.2) is 7.85 Å². The zero-order valence-electron chi connectivity index (χ0n) is 10.4. The van der Waals surface area contributed by atoms with Gasteiger partial charge in [-0.15, -0.1) is 0 Å². The second kappa shape index (κ2) is 4.26. The van der Waals surface area contributed by atoms with Gasteiger partial charge in [0.1, 0.15) is 7.85 Å². The molecule has 0 unspecified atom stereocenters. The normalized spacial score (nSPS) is 11.3. The minimum Gasteiger partial charge on any atom is -0.0924 e. The highest BCUT2D eigenvalue weighted by Crippen LogP contribution is 2.25. The van der Waals surface area contributed by atoms with Crippen LogP contribution in [0.1, 0.15) is 45.7 Å². The van der Waals surface area contributed by atoms with Gasteiger partial charge in [-0.2, -0.15) is 0 Å². The Hall–Kier alpha value is -0.975. The van der Waals surface area contributed by atoms with Crippen LogP contribution in [0.2, 0.25) is 0 Å². The van der Waals surface area contributed by atoms with E-state index in [0.29, 0.717) is 0 Å². The van der Waals surface area contributed by atoms with E-state index in [1.807, 2.05) is 12.1 Å². The molecule has 1 rings (SSSR count). The van der Waals surface area contributed by atoms with E-state index in [2.05, 4.69) is 46.8 Å². The fraction of sp³-hybridized carbons (Fsp3) is 0.429. The third kappa shape index (κ3) is 2.99. The van der Waals surface area contributed by atoms with Crippen LogP contribution < -0.4 is 5.46 Å². The summed E-state index contributed by atoms with van der Waals surface area (Å²) in [6, 6.07) is 6.12. The smallest absolute Gasteiger partial charge is 0.0924 e. The number of allylic oxidation sites excluding steroid dienone is 1. The van der Waals surface area contributed by atoms with Crippen molar-refractivity contribution in [2.45, 2.75) is 40.0 Å². The van der Waals surface area contributed by atoms with Crippen molar-refractivity contribution in [3.8, 4) is 0 Å². The van der Waals surface area contributed by atoms with Crippen molar-refractivity contribution < 1.29 is 0 Å². The van der Waals surface area contributed by atoms with Crippen molar-refractivity contribution >= 4 is 19.4 Å². The van der Waals surface area contributed by atoms with Crippen LogP contribution in [0.25, 0.3) is 6.08 Å². The molecule has 0 amide bonds. The second-order valence-electron chi connectivity index (χ2n) is 5.28. The summed E-state index contributed by atoms with van der Waals surface area (Å²) in [5.41, 5.74) is 4.75. The molecule has 0 saturated heterocycles. The summed E-state index contributed by atoms with van der Waals surface area (Å²) in [6.07, 6.45) is 2.19. The SMILES string of the molecule is [B]c1cccc(C=C(C)C)c1C(C)(C)C. The maximum absolute atomic E-state index is 6.05. The molecular formula is C14H19B. The van der Waals surface area contributed by atoms with E-state index in [0.717, 1.165) is 5.46 Å². The molecule has 1 aromatic carbocycles. The van der Waals surface area contributed by atoms with E-state index in [1.54, 1.807) is 0 Å². The Labute approximate surface area is 94.8 Å². The van der Waals surface area contributed by atoms with Gasteiger partial charge in [-0.25, -0.2) is 0 Å². The molecule has 0 fully saturated rings. The maximum Gasteiger partial charge on any atom is 0.114 e. The molecule has 0 saturated carbocycles. The van der Waals surface area contributed by atoms with Gasteiger partial charge in [-0.1, -0.05) is 56.1 Å². The number of rotatable bonds is 1. The van der Waals surface area contributed by atoms with Crippen LogP contribution in [0.15, 0.2) is 23.8 Å². The highest BCUT2D eigenvalue weighted by atomic mass is 14.2. The van der Waals surface area contributed by atoms with Crippen molar-refractivity contribution in [3.05, 3.63) is 34.9 Å². The first-order valence-corrected chi connectivity index (χ1v) is 5.36. The monoisotopic (exact) mass is 198 g/mol. The van der Waals surface area contributed by atoms with E-state index >= 15 is 0 Å². The fourth-order valence-corrected chi connectivity index (χ4v) is 1.89. The highest BCUT2D eigenvalue weighted by Gasteiger charge is 2.18. The predicted octanol–water partition coefficient (Wildman–Crippen LogP) is 3.20. The second-order valence-corrected chi connectivity index (χ2v) is 5.28. The highest BCUT2D eigenvalue weighted by molar-refractivity contribution is 6.33. The summed E-state index contributed by atoms with van der Waals surface area (Å²) in [5, 5.41) is 0. The molecule has 1 heteroatoms. The lowest BCUT2D eigenvalue weighted by atomic mass is 9.75. The summed E-state index contributed by atoms with van der Waals surface area (Å²) in [4.78, 5) is 0. The molecule has 0 bridgehead atoms. The molecule has 0 N–H and O–H groups in total. The zero-order chi connectivity index (χ0) is 11.6. The van der Waals surface area contributed by atoms with Gasteiger partial charge in [0.25, 0.3) is 0 Å². The van der Waals surface area contributed by atoms with Crippen molar-refractivity contribution in [2.24, 2.45) is 0 Å². The molecule has 0 aromatic heterocycles. The van der Waals surface area contributed by atoms with E-state index in [9.17, 15) is 0 Å². The lowest BCUT2D eigenvalue weighted by Gasteiger charge is -2.24. The average Bonchev–Trinajstić information content (AvgIpc) is 1.99. The van der Waals surface area contributed by atoms with Crippen molar-refractivity contribution in [1.29, 1.82) is 0 Å². The van der Waals surface area contributed by atoms with Gasteiger partial charge in [-0.05, 0) is 30.4 Å². The molecule has 0 atom stereocenters. The maximum atomic E-state index is 6.05. The summed E-state index contributed by atoms with van der Waals surface area (Å²) in [5.74, 6) is 0. The van der Waals surface area contributed by atoms with Crippen LogP contribution in [0, 0.1) is 0 Å². The first-order chi connectivity index (χ1) is 6.82. The third-order valence-corrected chi connectivity index (χ3v) is 2.32. The minimum absolute atomic E-state index is 0.0899. The molecule has 78 valence electrons. The molecule has 0 spiro atoms. The summed E-state index contributed by atoms with van der Waals surface area (Å²) in [6.45, 7) is 10.8. The molecule has 0 aliphatic heterocycles. The average molecular weight is 198 g/mol. The molecule has 0 aliphatic rings. The molecule has 2 radical (unpaired) electrons. The summed E-state index contributed by atoms with van der Waals surface area (Å²) in [7, 11) is 6.05. The Bertz CT molecular complexity index is 377. The first-order valence-electron chi connectivity index (χ1n) is 5.36. The van der Waals surface area contributed by atoms with Gasteiger partial charge in [0, 0.05) is 0 Å². The van der Waals surface area contributed by atoms with Crippen molar-refractivity contribution in [3.63, 3.8) is 0 Å². The molecule has 0 nitrogen and oxygen atoms in total. The third-order valence-electron chi connectivity index (χ3n) is 2.32. The van der Waals surface area contributed by atoms with Crippen LogP contribution in [-0.2, 0) is 5.41 Å². The van der Waals surface area contributed by atoms with Crippen LogP contribution in [0.3, 0.4) is 0 Å². The largest absolute Gasteiger partial charge is 0.114 e. The topological polar surface area (TPSA) is 0 Å². The van der Waals surface area contributed by atoms with Crippen LogP contribution in [0.4, 0.5) is 0 Å². The minimum atomic E-state index is 0.0899. The van der Waals surface area contributed by atoms with Gasteiger partial charge in [0.15, 0.2) is 0 Å². The first kappa shape index (κ1) is 12.1. The van der Waals surface area contributed by atoms with Crippen molar-refractivity contribution in [2.75, 3.05) is 0 Å². The summed E-state index contributed by atoms with van der Waals surface area (Å²) < 4.78 is 0. The quantitative estimate of drug-likeness (QED) is 0.608. The molecular weight excluding hydrogens is 179 g/mol. The summed E-state index contributed by atoms with van der Waals surface area (Å²) >= 11 is 0. The lowest BCUT2D eigenvalue weighted by Crippen LogP contribution is -2.24. The molecule has 1 aromatic rings. The van der Waals surface area contributed by atoms with Gasteiger partial charge >= 0.3 is 0 Å². The molecule has 0 heterocycles. The molecule has 15 heavy (non-hydrogen) atoms. The van der Waals surface area contributed by atoms with Gasteiger partial charge in [0.05, 0.1) is 0 Å². The van der Waals surface area contributed by atoms with Crippen molar-refractivity contribution in [1.82, 2.24) is 0 Å². The Morgan fingerprint density at radius 2 is 1.80 bits per heavy atom. The Morgan fingerprint density at radius 3 is 2.27 bits per heavy atom. The Balaban J connectivity index is 3.40. The Kier molecular flexibility index (Phi) is 3.44. The molecule has 0 aliphatic carbocycles. The lowest BCUT2D eigenvalue weighted by molar-refractivity contribution is 0.593. The van der Waals surface area contributed by atoms with E-state index in [-0.39, 0.29) is 5.41 Å². The van der Waals surface area contributed by atoms with E-state index < -0.39 is 0 Å². The standard InChI is InChI=1S/C14H19B/c1-10(2)9-11-7-6-8-12(15)13(11)14(3,4)5/h6-9H,1-5H3. The fourth-order valence-electron chi connectivity index (χ4n) is 1.89. The number of hydrogen-bond acceptors (Lipinski definition) is 0. The van der Waals surface area contributed by atoms with Gasteiger partial charge in [0.2, 0.25) is 0 Å². The van der Waals surface area contributed by atoms with Crippen LogP contribution >= 0.6 is 0 Å². The zero-order valence-corrected chi connectivity index (χ0v) is 10.4. The number of hydrogen-bond donors (Lipinski definition) is 0. The van der Waals surface area contributed by atoms with Gasteiger partial charge in [-0.3, -0.25) is 0 Å². The van der Waals surface area contributed by atoms with E-state index in [1.165, 1.54) is 16.7 Å². The van der Waals surface area contributed by atoms with Gasteiger partial charge < -0.3 is 0 Å². The van der Waals surface area contributed by atoms with E-state index in [4.69, 9.17) is 7.85 Å². The number of benzene rings is 1. The van der Waals surface area contributed by atoms with Crippen LogP contribution in [0.5, 0.6) is 0 Å². The predicted molar refractivity (Wildman–Crippen MR) is 69.9 cm³/mol. The Morgan fingerprint density at radius 1 is 1.20 bits per heavy atom.